The van der Waals surface area contributed by atoms with E-state index in [0.717, 1.165) is 17.4 Å². The molecular formula is C13H22N2S2. The summed E-state index contributed by atoms with van der Waals surface area (Å²) in [6.07, 6.45) is 8.09. The van der Waals surface area contributed by atoms with Gasteiger partial charge in [0.2, 0.25) is 0 Å². The van der Waals surface area contributed by atoms with E-state index in [1.54, 1.807) is 0 Å². The minimum Gasteiger partial charge on any atom is -0.326 e. The Bertz CT molecular complexity index is 322. The molecule has 0 radical (unpaired) electrons. The van der Waals surface area contributed by atoms with Crippen LogP contribution >= 0.6 is 23.1 Å². The third-order valence-electron chi connectivity index (χ3n) is 3.34. The van der Waals surface area contributed by atoms with E-state index >= 15 is 0 Å². The SMILES string of the molecule is CCc1nc(CSC2CCCCC2)sc1CN. The quantitative estimate of drug-likeness (QED) is 0.886. The number of nitrogens with zero attached hydrogens (tertiary/aromatic N) is 1. The third kappa shape index (κ3) is 3.70. The molecule has 0 amide bonds. The molecule has 17 heavy (non-hydrogen) atoms. The summed E-state index contributed by atoms with van der Waals surface area (Å²) in [6, 6.07) is 0. The summed E-state index contributed by atoms with van der Waals surface area (Å²) in [7, 11) is 0. The first kappa shape index (κ1) is 13.4. The second-order valence-corrected chi connectivity index (χ2v) is 7.06. The molecule has 1 aromatic rings. The van der Waals surface area contributed by atoms with E-state index in [0.29, 0.717) is 6.54 Å². The molecule has 1 aliphatic rings. The molecule has 0 saturated heterocycles. The maximum absolute atomic E-state index is 5.74. The molecule has 0 aliphatic heterocycles. The minimum absolute atomic E-state index is 0.648. The van der Waals surface area contributed by atoms with Crippen LogP contribution in [-0.2, 0) is 18.7 Å². The van der Waals surface area contributed by atoms with E-state index in [1.807, 2.05) is 11.3 Å². The monoisotopic (exact) mass is 270 g/mol. The van der Waals surface area contributed by atoms with Crippen molar-refractivity contribution in [3.63, 3.8) is 0 Å². The van der Waals surface area contributed by atoms with Crippen LogP contribution in [0.4, 0.5) is 0 Å². The number of thiazole rings is 1. The van der Waals surface area contributed by atoms with Gasteiger partial charge in [0.25, 0.3) is 0 Å². The van der Waals surface area contributed by atoms with Gasteiger partial charge in [-0.3, -0.25) is 0 Å². The maximum Gasteiger partial charge on any atom is 0.103 e. The van der Waals surface area contributed by atoms with Crippen LogP contribution in [0, 0.1) is 0 Å². The molecule has 0 bridgehead atoms. The minimum atomic E-state index is 0.648. The first-order chi connectivity index (χ1) is 8.33. The number of thioether (sulfide) groups is 1. The first-order valence-corrected chi connectivity index (χ1v) is 8.49. The van der Waals surface area contributed by atoms with E-state index < -0.39 is 0 Å². The average Bonchev–Trinajstić information content (AvgIpc) is 2.80. The lowest BCUT2D eigenvalue weighted by atomic mass is 10.0. The lowest BCUT2D eigenvalue weighted by Gasteiger charge is -2.20. The highest BCUT2D eigenvalue weighted by Gasteiger charge is 2.15. The number of hydrogen-bond donors (Lipinski definition) is 1. The van der Waals surface area contributed by atoms with Crippen molar-refractivity contribution in [1.29, 1.82) is 0 Å². The third-order valence-corrected chi connectivity index (χ3v) is 6.02. The van der Waals surface area contributed by atoms with Gasteiger partial charge in [0.1, 0.15) is 5.01 Å². The van der Waals surface area contributed by atoms with Gasteiger partial charge in [-0.2, -0.15) is 11.8 Å². The molecule has 1 heterocycles. The number of rotatable bonds is 5. The van der Waals surface area contributed by atoms with Crippen LogP contribution in [0.25, 0.3) is 0 Å². The molecule has 0 aromatic carbocycles. The van der Waals surface area contributed by atoms with Crippen molar-refractivity contribution in [2.75, 3.05) is 0 Å². The molecule has 0 unspecified atom stereocenters. The molecule has 96 valence electrons. The van der Waals surface area contributed by atoms with Gasteiger partial charge in [-0.05, 0) is 19.3 Å². The molecule has 2 rings (SSSR count). The predicted molar refractivity (Wildman–Crippen MR) is 77.6 cm³/mol. The number of aromatic nitrogens is 1. The van der Waals surface area contributed by atoms with Gasteiger partial charge in [0, 0.05) is 22.4 Å². The van der Waals surface area contributed by atoms with Crippen molar-refractivity contribution in [1.82, 2.24) is 4.98 Å². The van der Waals surface area contributed by atoms with E-state index in [9.17, 15) is 0 Å². The molecule has 1 aliphatic carbocycles. The van der Waals surface area contributed by atoms with E-state index in [2.05, 4.69) is 18.7 Å². The highest BCUT2D eigenvalue weighted by molar-refractivity contribution is 7.99. The largest absolute Gasteiger partial charge is 0.326 e. The van der Waals surface area contributed by atoms with Gasteiger partial charge < -0.3 is 5.73 Å². The zero-order chi connectivity index (χ0) is 12.1. The number of aryl methyl sites for hydroxylation is 1. The summed E-state index contributed by atoms with van der Waals surface area (Å²) in [5.74, 6) is 1.09. The highest BCUT2D eigenvalue weighted by atomic mass is 32.2. The molecule has 0 atom stereocenters. The Kier molecular flexibility index (Phi) is 5.32. The molecule has 2 nitrogen and oxygen atoms in total. The van der Waals surface area contributed by atoms with Gasteiger partial charge >= 0.3 is 0 Å². The van der Waals surface area contributed by atoms with Crippen molar-refractivity contribution < 1.29 is 0 Å². The summed E-state index contributed by atoms with van der Waals surface area (Å²) in [4.78, 5) is 5.99. The summed E-state index contributed by atoms with van der Waals surface area (Å²) in [5, 5.41) is 2.15. The summed E-state index contributed by atoms with van der Waals surface area (Å²) < 4.78 is 0. The van der Waals surface area contributed by atoms with Crippen LogP contribution in [0.15, 0.2) is 0 Å². The van der Waals surface area contributed by atoms with Crippen LogP contribution in [-0.4, -0.2) is 10.2 Å². The molecule has 1 fully saturated rings. The van der Waals surface area contributed by atoms with Gasteiger partial charge in [-0.15, -0.1) is 11.3 Å². The van der Waals surface area contributed by atoms with Crippen molar-refractivity contribution in [3.8, 4) is 0 Å². The average molecular weight is 270 g/mol. The summed E-state index contributed by atoms with van der Waals surface area (Å²) >= 11 is 3.92. The van der Waals surface area contributed by atoms with Crippen LogP contribution in [0.3, 0.4) is 0 Å². The Labute approximate surface area is 112 Å². The molecule has 4 heteroatoms. The van der Waals surface area contributed by atoms with Gasteiger partial charge in [0.05, 0.1) is 5.69 Å². The van der Waals surface area contributed by atoms with E-state index in [-0.39, 0.29) is 0 Å². The Balaban J connectivity index is 1.87. The zero-order valence-electron chi connectivity index (χ0n) is 10.6. The fraction of sp³-hybridized carbons (Fsp3) is 0.769. The van der Waals surface area contributed by atoms with Crippen LogP contribution in [0.2, 0.25) is 0 Å². The Hall–Kier alpha value is -0.0600. The summed E-state index contributed by atoms with van der Waals surface area (Å²) in [5.41, 5.74) is 6.96. The Morgan fingerprint density at radius 3 is 2.71 bits per heavy atom. The normalized spacial score (nSPS) is 17.5. The second-order valence-electron chi connectivity index (χ2n) is 4.61. The molecule has 2 N–H and O–H groups in total. The van der Waals surface area contributed by atoms with Crippen LogP contribution in [0.5, 0.6) is 0 Å². The van der Waals surface area contributed by atoms with E-state index in [1.165, 1.54) is 47.7 Å². The second kappa shape index (κ2) is 6.76. The van der Waals surface area contributed by atoms with Crippen LogP contribution in [0.1, 0.15) is 54.6 Å². The smallest absolute Gasteiger partial charge is 0.103 e. The molecule has 0 spiro atoms. The fourth-order valence-corrected chi connectivity index (χ4v) is 4.74. The molecular weight excluding hydrogens is 248 g/mol. The molecule has 1 saturated carbocycles. The Morgan fingerprint density at radius 2 is 2.12 bits per heavy atom. The van der Waals surface area contributed by atoms with Gasteiger partial charge in [0.15, 0.2) is 0 Å². The van der Waals surface area contributed by atoms with Crippen molar-refractivity contribution in [2.45, 2.75) is 63.0 Å². The van der Waals surface area contributed by atoms with Gasteiger partial charge in [-0.25, -0.2) is 4.98 Å². The van der Waals surface area contributed by atoms with Crippen molar-refractivity contribution in [2.24, 2.45) is 5.73 Å². The lowest BCUT2D eigenvalue weighted by Crippen LogP contribution is -2.08. The van der Waals surface area contributed by atoms with Crippen molar-refractivity contribution >= 4 is 23.1 Å². The number of nitrogens with two attached hydrogens (primary N) is 1. The van der Waals surface area contributed by atoms with Crippen LogP contribution < -0.4 is 5.73 Å². The Morgan fingerprint density at radius 1 is 1.35 bits per heavy atom. The summed E-state index contributed by atoms with van der Waals surface area (Å²) in [6.45, 7) is 2.81. The topological polar surface area (TPSA) is 38.9 Å². The van der Waals surface area contributed by atoms with E-state index in [4.69, 9.17) is 10.7 Å². The highest BCUT2D eigenvalue weighted by Crippen LogP contribution is 2.32. The molecule has 1 aromatic heterocycles. The number of hydrogen-bond acceptors (Lipinski definition) is 4. The lowest BCUT2D eigenvalue weighted by molar-refractivity contribution is 0.516. The van der Waals surface area contributed by atoms with Gasteiger partial charge in [-0.1, -0.05) is 26.2 Å². The predicted octanol–water partition coefficient (Wildman–Crippen LogP) is 3.73. The zero-order valence-corrected chi connectivity index (χ0v) is 12.2. The standard InChI is InChI=1S/C13H22N2S2/c1-2-11-12(8-14)17-13(15-11)9-16-10-6-4-3-5-7-10/h10H,2-9,14H2,1H3. The van der Waals surface area contributed by atoms with Crippen molar-refractivity contribution in [3.05, 3.63) is 15.6 Å². The first-order valence-electron chi connectivity index (χ1n) is 6.62. The fourth-order valence-electron chi connectivity index (χ4n) is 2.36. The maximum atomic E-state index is 5.74.